The van der Waals surface area contributed by atoms with Gasteiger partial charge in [0, 0.05) is 12.7 Å². The van der Waals surface area contributed by atoms with E-state index in [-0.39, 0.29) is 11.4 Å². The second-order valence-corrected chi connectivity index (χ2v) is 6.30. The highest BCUT2D eigenvalue weighted by molar-refractivity contribution is 6.02. The van der Waals surface area contributed by atoms with Crippen molar-refractivity contribution in [2.75, 3.05) is 16.8 Å². The summed E-state index contributed by atoms with van der Waals surface area (Å²) in [5.41, 5.74) is 3.08. The predicted molar refractivity (Wildman–Crippen MR) is 89.4 cm³/mol. The Kier molecular flexibility index (Phi) is 3.75. The summed E-state index contributed by atoms with van der Waals surface area (Å²) in [4.78, 5) is 18.3. The fourth-order valence-corrected chi connectivity index (χ4v) is 2.88. The Labute approximate surface area is 135 Å². The van der Waals surface area contributed by atoms with Crippen molar-refractivity contribution in [2.45, 2.75) is 25.7 Å². The summed E-state index contributed by atoms with van der Waals surface area (Å²) in [6.45, 7) is 4.93. The molecule has 0 saturated heterocycles. The molecule has 5 nitrogen and oxygen atoms in total. The van der Waals surface area contributed by atoms with Crippen molar-refractivity contribution in [1.29, 1.82) is 5.26 Å². The van der Waals surface area contributed by atoms with E-state index in [9.17, 15) is 4.79 Å². The molecule has 0 fully saturated rings. The van der Waals surface area contributed by atoms with Crippen molar-refractivity contribution in [1.82, 2.24) is 4.98 Å². The number of nitrogens with one attached hydrogen (secondary N) is 1. The molecule has 1 aliphatic rings. The molecule has 23 heavy (non-hydrogen) atoms. The number of carbonyl (C=O) groups is 1. The van der Waals surface area contributed by atoms with Gasteiger partial charge in [0.05, 0.1) is 29.2 Å². The number of hydrogen-bond acceptors (Lipinski definition) is 3. The minimum absolute atomic E-state index is 0.0194. The number of hydrogen-bond donors (Lipinski definition) is 1. The topological polar surface area (TPSA) is 69.0 Å². The van der Waals surface area contributed by atoms with Crippen LogP contribution in [0.25, 0.3) is 0 Å². The number of aromatic nitrogens is 1. The van der Waals surface area contributed by atoms with E-state index in [1.54, 1.807) is 35.5 Å². The van der Waals surface area contributed by atoms with Gasteiger partial charge in [0.25, 0.3) is 0 Å². The number of carbonyl (C=O) groups excluding carboxylic acids is 1. The van der Waals surface area contributed by atoms with Crippen LogP contribution in [0.2, 0.25) is 0 Å². The molecule has 0 saturated carbocycles. The number of fused-ring (bicyclic) bond motifs is 1. The van der Waals surface area contributed by atoms with Crippen molar-refractivity contribution in [3.63, 3.8) is 0 Å². The number of amides is 2. The maximum absolute atomic E-state index is 12.6. The zero-order valence-corrected chi connectivity index (χ0v) is 13.2. The lowest BCUT2D eigenvalue weighted by atomic mass is 9.77. The first-order valence-electron chi connectivity index (χ1n) is 7.54. The van der Waals surface area contributed by atoms with Crippen molar-refractivity contribution in [2.24, 2.45) is 0 Å². The Balaban J connectivity index is 1.95. The number of nitrogens with zero attached hydrogens (tertiary/aromatic N) is 3. The van der Waals surface area contributed by atoms with Crippen LogP contribution in [0.3, 0.4) is 0 Å². The van der Waals surface area contributed by atoms with Gasteiger partial charge in [-0.1, -0.05) is 19.9 Å². The summed E-state index contributed by atoms with van der Waals surface area (Å²) in [6.07, 6.45) is 4.14. The standard InChI is InChI=1S/C18H18N4O/c1-18(2)7-9-22(16-10-13(11-19)5-6-15(16)18)17(23)21-14-4-3-8-20-12-14/h3-6,8,10,12H,7,9H2,1-2H3,(H,21,23). The molecule has 0 spiro atoms. The molecule has 3 rings (SSSR count). The van der Waals surface area contributed by atoms with Gasteiger partial charge in [-0.3, -0.25) is 9.88 Å². The van der Waals surface area contributed by atoms with E-state index in [2.05, 4.69) is 30.2 Å². The molecule has 2 aromatic rings. The lowest BCUT2D eigenvalue weighted by molar-refractivity contribution is 0.255. The normalized spacial score (nSPS) is 15.4. The smallest absolute Gasteiger partial charge is 0.306 e. The molecule has 0 aliphatic carbocycles. The second-order valence-electron chi connectivity index (χ2n) is 6.30. The van der Waals surface area contributed by atoms with Crippen molar-refractivity contribution >= 4 is 17.4 Å². The van der Waals surface area contributed by atoms with Gasteiger partial charge in [-0.15, -0.1) is 0 Å². The van der Waals surface area contributed by atoms with Crippen LogP contribution in [0.1, 0.15) is 31.4 Å². The number of pyridine rings is 1. The van der Waals surface area contributed by atoms with E-state index >= 15 is 0 Å². The first-order valence-corrected chi connectivity index (χ1v) is 7.54. The van der Waals surface area contributed by atoms with Gasteiger partial charge in [-0.2, -0.15) is 5.26 Å². The SMILES string of the molecule is CC1(C)CCN(C(=O)Nc2cccnc2)c2cc(C#N)ccc21. The van der Waals surface area contributed by atoms with E-state index in [0.29, 0.717) is 17.8 Å². The van der Waals surface area contributed by atoms with Gasteiger partial charge in [-0.25, -0.2) is 4.79 Å². The number of rotatable bonds is 1. The third-order valence-corrected chi connectivity index (χ3v) is 4.27. The van der Waals surface area contributed by atoms with Crippen LogP contribution < -0.4 is 10.2 Å². The predicted octanol–water partition coefficient (Wildman–Crippen LogP) is 3.67. The Hall–Kier alpha value is -2.87. The molecule has 2 amide bonds. The average molecular weight is 306 g/mol. The fourth-order valence-electron chi connectivity index (χ4n) is 2.88. The zero-order valence-electron chi connectivity index (χ0n) is 13.2. The third kappa shape index (κ3) is 2.88. The van der Waals surface area contributed by atoms with E-state index < -0.39 is 0 Å². The molecule has 1 aliphatic heterocycles. The van der Waals surface area contributed by atoms with E-state index in [0.717, 1.165) is 17.7 Å². The zero-order chi connectivity index (χ0) is 16.4. The lowest BCUT2D eigenvalue weighted by Gasteiger charge is -2.39. The van der Waals surface area contributed by atoms with Crippen LogP contribution in [0.5, 0.6) is 0 Å². The van der Waals surface area contributed by atoms with Crippen molar-refractivity contribution in [3.05, 3.63) is 53.9 Å². The molecule has 2 heterocycles. The summed E-state index contributed by atoms with van der Waals surface area (Å²) in [6, 6.07) is 11.1. The van der Waals surface area contributed by atoms with Gasteiger partial charge < -0.3 is 5.32 Å². The van der Waals surface area contributed by atoms with Crippen LogP contribution in [0, 0.1) is 11.3 Å². The minimum atomic E-state index is -0.204. The molecular weight excluding hydrogens is 288 g/mol. The first-order chi connectivity index (χ1) is 11.0. The van der Waals surface area contributed by atoms with Crippen LogP contribution in [0.15, 0.2) is 42.7 Å². The summed E-state index contributed by atoms with van der Waals surface area (Å²) in [7, 11) is 0. The summed E-state index contributed by atoms with van der Waals surface area (Å²) >= 11 is 0. The Morgan fingerprint density at radius 3 is 2.91 bits per heavy atom. The van der Waals surface area contributed by atoms with Gasteiger partial charge in [0.2, 0.25) is 0 Å². The Bertz CT molecular complexity index is 777. The molecule has 0 atom stereocenters. The average Bonchev–Trinajstić information content (AvgIpc) is 2.55. The molecule has 1 N–H and O–H groups in total. The van der Waals surface area contributed by atoms with Crippen molar-refractivity contribution < 1.29 is 4.79 Å². The van der Waals surface area contributed by atoms with Crippen LogP contribution in [-0.2, 0) is 5.41 Å². The summed E-state index contributed by atoms with van der Waals surface area (Å²) in [5.74, 6) is 0. The second kappa shape index (κ2) is 5.73. The molecule has 0 unspecified atom stereocenters. The molecule has 0 bridgehead atoms. The molecule has 116 valence electrons. The van der Waals surface area contributed by atoms with Gasteiger partial charge in [0.15, 0.2) is 0 Å². The number of urea groups is 1. The summed E-state index contributed by atoms with van der Waals surface area (Å²) < 4.78 is 0. The molecule has 0 radical (unpaired) electrons. The first kappa shape index (κ1) is 15.0. The van der Waals surface area contributed by atoms with Crippen molar-refractivity contribution in [3.8, 4) is 6.07 Å². The molecule has 5 heteroatoms. The minimum Gasteiger partial charge on any atom is -0.306 e. The van der Waals surface area contributed by atoms with Gasteiger partial charge in [-0.05, 0) is 41.7 Å². The monoisotopic (exact) mass is 306 g/mol. The molecule has 1 aromatic heterocycles. The van der Waals surface area contributed by atoms with Crippen LogP contribution in [0.4, 0.5) is 16.2 Å². The van der Waals surface area contributed by atoms with Crippen LogP contribution in [-0.4, -0.2) is 17.6 Å². The van der Waals surface area contributed by atoms with Gasteiger partial charge in [0.1, 0.15) is 0 Å². The maximum Gasteiger partial charge on any atom is 0.326 e. The van der Waals surface area contributed by atoms with E-state index in [4.69, 9.17) is 5.26 Å². The number of benzene rings is 1. The lowest BCUT2D eigenvalue weighted by Crippen LogP contribution is -2.43. The number of nitriles is 1. The van der Waals surface area contributed by atoms with Gasteiger partial charge >= 0.3 is 6.03 Å². The highest BCUT2D eigenvalue weighted by atomic mass is 16.2. The Morgan fingerprint density at radius 2 is 2.22 bits per heavy atom. The quantitative estimate of drug-likeness (QED) is 0.874. The molecular formula is C18H18N4O. The highest BCUT2D eigenvalue weighted by Gasteiger charge is 2.33. The largest absolute Gasteiger partial charge is 0.326 e. The van der Waals surface area contributed by atoms with E-state index in [1.807, 2.05) is 12.1 Å². The highest BCUT2D eigenvalue weighted by Crippen LogP contribution is 2.40. The third-order valence-electron chi connectivity index (χ3n) is 4.27. The molecule has 1 aromatic carbocycles. The fraction of sp³-hybridized carbons (Fsp3) is 0.278. The number of anilines is 2. The van der Waals surface area contributed by atoms with Crippen LogP contribution >= 0.6 is 0 Å². The van der Waals surface area contributed by atoms with E-state index in [1.165, 1.54) is 0 Å². The Morgan fingerprint density at radius 1 is 1.39 bits per heavy atom. The maximum atomic E-state index is 12.6. The summed E-state index contributed by atoms with van der Waals surface area (Å²) in [5, 5.41) is 12.0.